The van der Waals surface area contributed by atoms with E-state index >= 15 is 0 Å². The molecule has 1 aromatic rings. The van der Waals surface area contributed by atoms with Crippen LogP contribution in [0.2, 0.25) is 3.67 Å². The first kappa shape index (κ1) is 13.9. The van der Waals surface area contributed by atoms with Crippen molar-refractivity contribution in [3.05, 3.63) is 41.3 Å². The minimum atomic E-state index is -3.55. The number of hydrogen-bond donors (Lipinski definition) is 0. The van der Waals surface area contributed by atoms with Gasteiger partial charge in [-0.2, -0.15) is 0 Å². The summed E-state index contributed by atoms with van der Waals surface area (Å²) in [6.45, 7) is 1.76. The summed E-state index contributed by atoms with van der Waals surface area (Å²) < 4.78 is 28.7. The van der Waals surface area contributed by atoms with Gasteiger partial charge in [-0.1, -0.05) is 0 Å². The summed E-state index contributed by atoms with van der Waals surface area (Å²) in [4.78, 5) is 0. The van der Waals surface area contributed by atoms with Gasteiger partial charge in [0.1, 0.15) is 0 Å². The van der Waals surface area contributed by atoms with Crippen molar-refractivity contribution in [2.45, 2.75) is 16.7 Å². The quantitative estimate of drug-likeness (QED) is 0.591. The zero-order valence-corrected chi connectivity index (χ0v) is 12.3. The Bertz CT molecular complexity index is 440. The average molecular weight is 248 g/mol. The fourth-order valence-electron chi connectivity index (χ4n) is 1.06. The van der Waals surface area contributed by atoms with Gasteiger partial charge in [0.2, 0.25) is 0 Å². The SMILES string of the molecule is CC([CH2][Na])OS(=O)(=O)C=Cc1ccccc1. The Balaban J connectivity index is 2.70. The molecule has 0 heterocycles. The van der Waals surface area contributed by atoms with Gasteiger partial charge < -0.3 is 0 Å². The fraction of sp³-hybridized carbons (Fsp3) is 0.273. The molecule has 0 spiro atoms. The van der Waals surface area contributed by atoms with E-state index in [1.807, 2.05) is 30.3 Å². The second-order valence-corrected chi connectivity index (χ2v) is 5.79. The van der Waals surface area contributed by atoms with Crippen LogP contribution in [0.1, 0.15) is 12.5 Å². The molecular weight excluding hydrogens is 235 g/mol. The van der Waals surface area contributed by atoms with E-state index in [1.54, 1.807) is 6.92 Å². The predicted molar refractivity (Wildman–Crippen MR) is 65.5 cm³/mol. The van der Waals surface area contributed by atoms with Crippen LogP contribution < -0.4 is 0 Å². The molecule has 16 heavy (non-hydrogen) atoms. The molecule has 0 amide bonds. The normalized spacial score (nSPS) is 14.2. The third-order valence-corrected chi connectivity index (χ3v) is 4.32. The van der Waals surface area contributed by atoms with E-state index in [-0.39, 0.29) is 6.10 Å². The van der Waals surface area contributed by atoms with Crippen LogP contribution in [0.4, 0.5) is 0 Å². The number of hydrogen-bond acceptors (Lipinski definition) is 3. The van der Waals surface area contributed by atoms with E-state index in [9.17, 15) is 8.42 Å². The van der Waals surface area contributed by atoms with Crippen LogP contribution in [-0.4, -0.2) is 42.5 Å². The number of rotatable bonds is 5. The molecule has 0 N–H and O–H groups in total. The molecular formula is C11H13NaO3S. The molecule has 0 radical (unpaired) electrons. The predicted octanol–water partition coefficient (Wildman–Crippen LogP) is 1.98. The van der Waals surface area contributed by atoms with Crippen LogP contribution in [0, 0.1) is 0 Å². The van der Waals surface area contributed by atoms with Gasteiger partial charge in [0.05, 0.1) is 0 Å². The van der Waals surface area contributed by atoms with Gasteiger partial charge in [-0.05, 0) is 0 Å². The molecule has 0 aliphatic heterocycles. The van der Waals surface area contributed by atoms with E-state index < -0.39 is 10.1 Å². The molecule has 3 nitrogen and oxygen atoms in total. The monoisotopic (exact) mass is 248 g/mol. The maximum absolute atomic E-state index is 11.5. The van der Waals surface area contributed by atoms with Gasteiger partial charge in [0.15, 0.2) is 0 Å². The zero-order valence-electron chi connectivity index (χ0n) is 9.46. The Labute approximate surface area is 114 Å². The third-order valence-electron chi connectivity index (χ3n) is 2.10. The first-order chi connectivity index (χ1) is 7.53. The Hall–Kier alpha value is -0.130. The Morgan fingerprint density at radius 1 is 1.38 bits per heavy atom. The topological polar surface area (TPSA) is 43.4 Å². The molecule has 0 fully saturated rings. The van der Waals surface area contributed by atoms with E-state index in [4.69, 9.17) is 4.18 Å². The van der Waals surface area contributed by atoms with Crippen molar-refractivity contribution in [2.75, 3.05) is 0 Å². The fourth-order valence-corrected chi connectivity index (χ4v) is 2.45. The third kappa shape index (κ3) is 5.27. The van der Waals surface area contributed by atoms with Crippen LogP contribution in [0.5, 0.6) is 0 Å². The summed E-state index contributed by atoms with van der Waals surface area (Å²) >= 11 is 0.933. The molecule has 0 aliphatic rings. The van der Waals surface area contributed by atoms with Crippen molar-refractivity contribution in [2.24, 2.45) is 0 Å². The van der Waals surface area contributed by atoms with E-state index in [0.29, 0.717) is 0 Å². The molecule has 1 aromatic carbocycles. The van der Waals surface area contributed by atoms with Gasteiger partial charge >= 0.3 is 115 Å². The molecule has 5 heteroatoms. The van der Waals surface area contributed by atoms with E-state index in [1.165, 1.54) is 6.08 Å². The van der Waals surface area contributed by atoms with Crippen LogP contribution in [0.3, 0.4) is 0 Å². The molecule has 0 bridgehead atoms. The summed E-state index contributed by atoms with van der Waals surface area (Å²) in [6, 6.07) is 9.26. The van der Waals surface area contributed by atoms with Gasteiger partial charge in [0.25, 0.3) is 0 Å². The van der Waals surface area contributed by atoms with Crippen molar-refractivity contribution in [1.29, 1.82) is 0 Å². The van der Waals surface area contributed by atoms with Crippen LogP contribution in [0.15, 0.2) is 35.7 Å². The van der Waals surface area contributed by atoms with Crippen molar-refractivity contribution in [3.63, 3.8) is 0 Å². The van der Waals surface area contributed by atoms with Gasteiger partial charge in [-0.15, -0.1) is 0 Å². The number of benzene rings is 1. The van der Waals surface area contributed by atoms with Crippen LogP contribution >= 0.6 is 0 Å². The summed E-state index contributed by atoms with van der Waals surface area (Å²) in [5.74, 6) is 0. The molecule has 1 atom stereocenters. The molecule has 82 valence electrons. The van der Waals surface area contributed by atoms with Gasteiger partial charge in [-0.3, -0.25) is 0 Å². The summed E-state index contributed by atoms with van der Waals surface area (Å²) in [7, 11) is -3.55. The molecule has 0 saturated carbocycles. The Morgan fingerprint density at radius 3 is 2.56 bits per heavy atom. The Kier molecular flexibility index (Phi) is 5.72. The molecule has 1 rings (SSSR count). The minimum absolute atomic E-state index is 0.225. The zero-order chi connectivity index (χ0) is 12.0. The first-order valence-corrected chi connectivity index (χ1v) is 8.08. The Morgan fingerprint density at radius 2 is 2.00 bits per heavy atom. The molecule has 1 unspecified atom stereocenters. The molecule has 0 saturated heterocycles. The van der Waals surface area contributed by atoms with Gasteiger partial charge in [0, 0.05) is 0 Å². The van der Waals surface area contributed by atoms with Crippen molar-refractivity contribution < 1.29 is 12.6 Å². The average Bonchev–Trinajstić information content (AvgIpc) is 2.27. The van der Waals surface area contributed by atoms with E-state index in [0.717, 1.165) is 42.6 Å². The second-order valence-electron chi connectivity index (χ2n) is 3.52. The molecule has 0 aromatic heterocycles. The van der Waals surface area contributed by atoms with E-state index in [2.05, 4.69) is 0 Å². The summed E-state index contributed by atoms with van der Waals surface area (Å²) in [6.07, 6.45) is 1.31. The van der Waals surface area contributed by atoms with Crippen molar-refractivity contribution in [1.82, 2.24) is 0 Å². The summed E-state index contributed by atoms with van der Waals surface area (Å²) in [5.41, 5.74) is 0.841. The van der Waals surface area contributed by atoms with Crippen molar-refractivity contribution >= 4 is 44.1 Å². The van der Waals surface area contributed by atoms with Crippen molar-refractivity contribution in [3.8, 4) is 0 Å². The van der Waals surface area contributed by atoms with Crippen LogP contribution in [-0.2, 0) is 14.3 Å². The van der Waals surface area contributed by atoms with Gasteiger partial charge in [-0.25, -0.2) is 0 Å². The first-order valence-electron chi connectivity index (χ1n) is 5.20. The van der Waals surface area contributed by atoms with Crippen LogP contribution in [0.25, 0.3) is 6.08 Å². The standard InChI is InChI=1S/C11H13O3S.Na/c1-10(2)14-15(12,13)9-8-11-6-4-3-5-7-11;/h3-10H,1H2,2H3;. The summed E-state index contributed by atoms with van der Waals surface area (Å²) in [5, 5.41) is 1.11. The molecule has 0 aliphatic carbocycles. The maximum atomic E-state index is 11.5. The second kappa shape index (κ2) is 6.57.